The predicted molar refractivity (Wildman–Crippen MR) is 132 cm³/mol. The van der Waals surface area contributed by atoms with Crippen molar-refractivity contribution in [2.24, 2.45) is 0 Å². The van der Waals surface area contributed by atoms with Crippen LogP contribution in [0.1, 0.15) is 36.5 Å². The number of rotatable bonds is 7. The molecule has 34 heavy (non-hydrogen) atoms. The summed E-state index contributed by atoms with van der Waals surface area (Å²) in [6.45, 7) is 5.84. The van der Waals surface area contributed by atoms with Crippen molar-refractivity contribution in [2.75, 3.05) is 31.1 Å². The molecule has 3 heterocycles. The Hall–Kier alpha value is -3.32. The minimum atomic E-state index is -0.0897. The molecule has 0 radical (unpaired) electrons. The van der Waals surface area contributed by atoms with Gasteiger partial charge in [0, 0.05) is 38.3 Å². The predicted octanol–water partition coefficient (Wildman–Crippen LogP) is 4.61. The Kier molecular flexibility index (Phi) is 6.81. The van der Waals surface area contributed by atoms with Crippen LogP contribution in [0.4, 0.5) is 10.7 Å². The number of nitrogens with zero attached hydrogens (tertiary/aromatic N) is 3. The minimum absolute atomic E-state index is 0.0629. The lowest BCUT2D eigenvalue weighted by atomic mass is 9.99. The van der Waals surface area contributed by atoms with Gasteiger partial charge in [-0.05, 0) is 37.3 Å². The van der Waals surface area contributed by atoms with Gasteiger partial charge in [0.05, 0.1) is 18.2 Å². The molecule has 0 saturated carbocycles. The van der Waals surface area contributed by atoms with Crippen LogP contribution in [0.3, 0.4) is 0 Å². The van der Waals surface area contributed by atoms with Gasteiger partial charge < -0.3 is 24.4 Å². The van der Waals surface area contributed by atoms with Crippen LogP contribution in [0, 0.1) is 0 Å². The molecule has 0 aliphatic carbocycles. The van der Waals surface area contributed by atoms with Crippen molar-refractivity contribution in [3.63, 3.8) is 0 Å². The molecule has 1 atom stereocenters. The Bertz CT molecular complexity index is 1110. The summed E-state index contributed by atoms with van der Waals surface area (Å²) in [5.74, 6) is 0.745. The number of anilines is 1. The normalized spacial score (nSPS) is 17.4. The van der Waals surface area contributed by atoms with E-state index < -0.39 is 0 Å². The van der Waals surface area contributed by atoms with Crippen molar-refractivity contribution in [2.45, 2.75) is 45.4 Å². The first-order valence-corrected chi connectivity index (χ1v) is 12.2. The number of fused-ring (bicyclic) bond motifs is 1. The molecule has 2 aliphatic rings. The molecule has 1 unspecified atom stereocenters. The van der Waals surface area contributed by atoms with Crippen molar-refractivity contribution in [1.82, 2.24) is 15.4 Å². The second-order valence-electron chi connectivity index (χ2n) is 8.97. The molecule has 5 rings (SSSR count). The van der Waals surface area contributed by atoms with Crippen LogP contribution in [0.2, 0.25) is 0 Å². The molecule has 2 aromatic carbocycles. The molecular weight excluding hydrogens is 428 g/mol. The largest absolute Gasteiger partial charge is 0.376 e. The smallest absolute Gasteiger partial charge is 0.317 e. The van der Waals surface area contributed by atoms with Crippen molar-refractivity contribution in [1.29, 1.82) is 0 Å². The van der Waals surface area contributed by atoms with E-state index in [1.807, 2.05) is 42.2 Å². The van der Waals surface area contributed by atoms with Gasteiger partial charge in [-0.25, -0.2) is 4.79 Å². The molecule has 3 aromatic rings. The number of ether oxygens (including phenoxy) is 1. The third-order valence-corrected chi connectivity index (χ3v) is 6.64. The van der Waals surface area contributed by atoms with E-state index in [4.69, 9.17) is 9.26 Å². The SMILES string of the molecule is CCNC(=O)N(Cc1c(-c2ccccc2)noc1N1CCc2ccccc2C1)CC1CCCO1. The lowest BCUT2D eigenvalue weighted by molar-refractivity contribution is 0.0796. The quantitative estimate of drug-likeness (QED) is 0.557. The summed E-state index contributed by atoms with van der Waals surface area (Å²) in [6.07, 6.45) is 3.02. The molecule has 0 bridgehead atoms. The Morgan fingerprint density at radius 2 is 1.94 bits per heavy atom. The molecule has 2 amide bonds. The number of carbonyl (C=O) groups excluding carboxylic acids is 1. The molecule has 2 aliphatic heterocycles. The maximum absolute atomic E-state index is 13.1. The van der Waals surface area contributed by atoms with Crippen LogP contribution in [0.15, 0.2) is 59.1 Å². The molecule has 7 heteroatoms. The van der Waals surface area contributed by atoms with Crippen LogP contribution < -0.4 is 10.2 Å². The van der Waals surface area contributed by atoms with E-state index in [-0.39, 0.29) is 12.1 Å². The van der Waals surface area contributed by atoms with Crippen molar-refractivity contribution in [3.8, 4) is 11.3 Å². The van der Waals surface area contributed by atoms with E-state index in [9.17, 15) is 4.79 Å². The molecule has 178 valence electrons. The van der Waals surface area contributed by atoms with Gasteiger partial charge >= 0.3 is 6.03 Å². The number of nitrogens with one attached hydrogen (secondary N) is 1. The van der Waals surface area contributed by atoms with Gasteiger partial charge in [0.1, 0.15) is 5.69 Å². The fourth-order valence-corrected chi connectivity index (χ4v) is 4.89. The maximum Gasteiger partial charge on any atom is 0.317 e. The Labute approximate surface area is 200 Å². The Morgan fingerprint density at radius 1 is 1.15 bits per heavy atom. The van der Waals surface area contributed by atoms with E-state index in [0.717, 1.165) is 61.7 Å². The third-order valence-electron chi connectivity index (χ3n) is 6.64. The van der Waals surface area contributed by atoms with E-state index in [2.05, 4.69) is 39.6 Å². The summed E-state index contributed by atoms with van der Waals surface area (Å²) in [6, 6.07) is 18.5. The van der Waals surface area contributed by atoms with Gasteiger partial charge in [0.2, 0.25) is 5.88 Å². The van der Waals surface area contributed by atoms with Gasteiger partial charge in [0.25, 0.3) is 0 Å². The fourth-order valence-electron chi connectivity index (χ4n) is 4.89. The topological polar surface area (TPSA) is 70.8 Å². The van der Waals surface area contributed by atoms with Crippen LogP contribution in [-0.2, 0) is 24.2 Å². The van der Waals surface area contributed by atoms with Gasteiger partial charge in [0.15, 0.2) is 0 Å². The first-order valence-electron chi connectivity index (χ1n) is 12.2. The van der Waals surface area contributed by atoms with Crippen molar-refractivity contribution >= 4 is 11.9 Å². The van der Waals surface area contributed by atoms with E-state index in [1.165, 1.54) is 11.1 Å². The molecule has 1 fully saturated rings. The third kappa shape index (κ3) is 4.80. The maximum atomic E-state index is 13.1. The average molecular weight is 461 g/mol. The molecule has 0 spiro atoms. The van der Waals surface area contributed by atoms with Gasteiger partial charge in [-0.15, -0.1) is 0 Å². The Morgan fingerprint density at radius 3 is 2.71 bits per heavy atom. The number of amides is 2. The van der Waals surface area contributed by atoms with Gasteiger partial charge in [-0.2, -0.15) is 0 Å². The Balaban J connectivity index is 1.49. The number of hydrogen-bond donors (Lipinski definition) is 1. The molecule has 1 saturated heterocycles. The highest BCUT2D eigenvalue weighted by atomic mass is 16.5. The van der Waals surface area contributed by atoms with E-state index in [1.54, 1.807) is 0 Å². The van der Waals surface area contributed by atoms with E-state index >= 15 is 0 Å². The summed E-state index contributed by atoms with van der Waals surface area (Å²) in [5.41, 5.74) is 5.39. The van der Waals surface area contributed by atoms with Crippen LogP contribution in [-0.4, -0.2) is 48.4 Å². The number of aromatic nitrogens is 1. The number of benzene rings is 2. The summed E-state index contributed by atoms with van der Waals surface area (Å²) in [5, 5.41) is 7.47. The first kappa shape index (κ1) is 22.5. The summed E-state index contributed by atoms with van der Waals surface area (Å²) in [7, 11) is 0. The monoisotopic (exact) mass is 460 g/mol. The first-order chi connectivity index (χ1) is 16.7. The molecule has 1 N–H and O–H groups in total. The highest BCUT2D eigenvalue weighted by Crippen LogP contribution is 2.35. The van der Waals surface area contributed by atoms with Crippen LogP contribution in [0.25, 0.3) is 11.3 Å². The number of hydrogen-bond acceptors (Lipinski definition) is 5. The van der Waals surface area contributed by atoms with E-state index in [0.29, 0.717) is 19.6 Å². The zero-order valence-electron chi connectivity index (χ0n) is 19.7. The molecule has 1 aromatic heterocycles. The van der Waals surface area contributed by atoms with Crippen molar-refractivity contribution in [3.05, 3.63) is 71.3 Å². The minimum Gasteiger partial charge on any atom is -0.376 e. The van der Waals surface area contributed by atoms with Crippen LogP contribution in [0.5, 0.6) is 0 Å². The van der Waals surface area contributed by atoms with Crippen molar-refractivity contribution < 1.29 is 14.1 Å². The summed E-state index contributed by atoms with van der Waals surface area (Å²) < 4.78 is 11.9. The second kappa shape index (κ2) is 10.3. The average Bonchev–Trinajstić information content (AvgIpc) is 3.54. The number of carbonyl (C=O) groups is 1. The lowest BCUT2D eigenvalue weighted by Crippen LogP contribution is -2.43. The fraction of sp³-hybridized carbons (Fsp3) is 0.407. The zero-order valence-corrected chi connectivity index (χ0v) is 19.7. The van der Waals surface area contributed by atoms with Crippen LogP contribution >= 0.6 is 0 Å². The highest BCUT2D eigenvalue weighted by Gasteiger charge is 2.30. The zero-order chi connectivity index (χ0) is 23.3. The second-order valence-corrected chi connectivity index (χ2v) is 8.97. The number of urea groups is 1. The summed E-state index contributed by atoms with van der Waals surface area (Å²) in [4.78, 5) is 17.1. The standard InChI is InChI=1S/C27H32N4O3/c1-2-28-27(32)31(18-23-13-8-16-33-23)19-24-25(21-10-4-3-5-11-21)29-34-26(24)30-15-14-20-9-6-7-12-22(20)17-30/h3-7,9-12,23H,2,8,13-19H2,1H3,(H,28,32). The van der Waals surface area contributed by atoms with Gasteiger partial charge in [-0.1, -0.05) is 59.8 Å². The lowest BCUT2D eigenvalue weighted by Gasteiger charge is -2.30. The highest BCUT2D eigenvalue weighted by molar-refractivity contribution is 5.76. The molecular formula is C27H32N4O3. The van der Waals surface area contributed by atoms with Gasteiger partial charge in [-0.3, -0.25) is 0 Å². The molecule has 7 nitrogen and oxygen atoms in total. The summed E-state index contributed by atoms with van der Waals surface area (Å²) >= 11 is 0.